The summed E-state index contributed by atoms with van der Waals surface area (Å²) < 4.78 is 5.16. The molecule has 0 spiro atoms. The lowest BCUT2D eigenvalue weighted by molar-refractivity contribution is -0.111. The van der Waals surface area contributed by atoms with Gasteiger partial charge in [-0.1, -0.05) is 24.3 Å². The van der Waals surface area contributed by atoms with Crippen molar-refractivity contribution in [2.45, 2.75) is 0 Å². The number of thiazole rings is 1. The molecule has 0 aliphatic carbocycles. The number of nitrogens with zero attached hydrogens (tertiary/aromatic N) is 1. The Labute approximate surface area is 149 Å². The fourth-order valence-corrected chi connectivity index (χ4v) is 2.82. The van der Waals surface area contributed by atoms with Gasteiger partial charge in [0, 0.05) is 22.7 Å². The van der Waals surface area contributed by atoms with Crippen LogP contribution in [0.4, 0.5) is 10.8 Å². The second-order valence-corrected chi connectivity index (χ2v) is 6.14. The van der Waals surface area contributed by atoms with Crippen molar-refractivity contribution in [2.24, 2.45) is 0 Å². The van der Waals surface area contributed by atoms with Crippen LogP contribution in [0, 0.1) is 0 Å². The molecule has 3 N–H and O–H groups in total. The molecule has 0 radical (unpaired) electrons. The molecule has 1 amide bonds. The van der Waals surface area contributed by atoms with Gasteiger partial charge in [0.25, 0.3) is 0 Å². The normalized spacial score (nSPS) is 10.8. The van der Waals surface area contributed by atoms with Crippen LogP contribution in [0.15, 0.2) is 60.0 Å². The first-order chi connectivity index (χ1) is 12.1. The average molecular weight is 351 g/mol. The molecule has 25 heavy (non-hydrogen) atoms. The second-order valence-electron chi connectivity index (χ2n) is 5.25. The van der Waals surface area contributed by atoms with Gasteiger partial charge in [-0.15, -0.1) is 11.3 Å². The number of carbonyl (C=O) groups excluding carboxylic acids is 1. The SMILES string of the molecule is COc1cccc(/C=C/C(=O)Nc2ccc(-c3csc(N)n3)cc2)c1. The Bertz CT molecular complexity index is 901. The Balaban J connectivity index is 1.63. The third kappa shape index (κ3) is 4.45. The summed E-state index contributed by atoms with van der Waals surface area (Å²) in [7, 11) is 1.61. The van der Waals surface area contributed by atoms with Crippen molar-refractivity contribution in [1.29, 1.82) is 0 Å². The van der Waals surface area contributed by atoms with E-state index in [1.807, 2.05) is 53.9 Å². The van der Waals surface area contributed by atoms with E-state index in [1.54, 1.807) is 13.2 Å². The van der Waals surface area contributed by atoms with Crippen LogP contribution in [0.25, 0.3) is 17.3 Å². The predicted octanol–water partition coefficient (Wildman–Crippen LogP) is 4.05. The minimum Gasteiger partial charge on any atom is -0.497 e. The van der Waals surface area contributed by atoms with Crippen molar-refractivity contribution in [3.8, 4) is 17.0 Å². The van der Waals surface area contributed by atoms with Crippen LogP contribution in [0.1, 0.15) is 5.56 Å². The molecule has 0 unspecified atom stereocenters. The molecule has 0 bridgehead atoms. The smallest absolute Gasteiger partial charge is 0.248 e. The van der Waals surface area contributed by atoms with Gasteiger partial charge in [0.2, 0.25) is 5.91 Å². The summed E-state index contributed by atoms with van der Waals surface area (Å²) >= 11 is 1.40. The van der Waals surface area contributed by atoms with Crippen molar-refractivity contribution in [1.82, 2.24) is 4.98 Å². The topological polar surface area (TPSA) is 77.2 Å². The molecule has 2 aromatic carbocycles. The van der Waals surface area contributed by atoms with Gasteiger partial charge in [-0.25, -0.2) is 4.98 Å². The van der Waals surface area contributed by atoms with Crippen LogP contribution in [0.2, 0.25) is 0 Å². The highest BCUT2D eigenvalue weighted by Crippen LogP contribution is 2.24. The summed E-state index contributed by atoms with van der Waals surface area (Å²) in [5.74, 6) is 0.550. The van der Waals surface area contributed by atoms with E-state index < -0.39 is 0 Å². The molecular formula is C19H17N3O2S. The van der Waals surface area contributed by atoms with Crippen molar-refractivity contribution < 1.29 is 9.53 Å². The number of rotatable bonds is 5. The number of carbonyl (C=O) groups is 1. The first-order valence-electron chi connectivity index (χ1n) is 7.58. The number of amides is 1. The monoisotopic (exact) mass is 351 g/mol. The summed E-state index contributed by atoms with van der Waals surface area (Å²) in [6.45, 7) is 0. The summed E-state index contributed by atoms with van der Waals surface area (Å²) in [5, 5.41) is 5.26. The standard InChI is InChI=1S/C19H17N3O2S/c1-24-16-4-2-3-13(11-16)5-10-18(23)21-15-8-6-14(7-9-15)17-12-25-19(20)22-17/h2-12H,1H3,(H2,20,22)(H,21,23)/b10-5+. The quantitative estimate of drug-likeness (QED) is 0.680. The van der Waals surface area contributed by atoms with Crippen LogP contribution < -0.4 is 15.8 Å². The van der Waals surface area contributed by atoms with Gasteiger partial charge in [-0.05, 0) is 35.9 Å². The predicted molar refractivity (Wildman–Crippen MR) is 103 cm³/mol. The molecule has 3 rings (SSSR count). The molecular weight excluding hydrogens is 334 g/mol. The van der Waals surface area contributed by atoms with Crippen molar-refractivity contribution >= 4 is 34.1 Å². The van der Waals surface area contributed by atoms with Crippen LogP contribution in [-0.4, -0.2) is 18.0 Å². The fourth-order valence-electron chi connectivity index (χ4n) is 2.25. The minimum absolute atomic E-state index is 0.200. The molecule has 5 nitrogen and oxygen atoms in total. The maximum absolute atomic E-state index is 12.0. The van der Waals surface area contributed by atoms with Crippen LogP contribution in [-0.2, 0) is 4.79 Å². The summed E-state index contributed by atoms with van der Waals surface area (Å²) in [6.07, 6.45) is 3.23. The molecule has 3 aromatic rings. The molecule has 0 saturated carbocycles. The van der Waals surface area contributed by atoms with Crippen LogP contribution >= 0.6 is 11.3 Å². The number of anilines is 2. The fraction of sp³-hybridized carbons (Fsp3) is 0.0526. The molecule has 1 heterocycles. The summed E-state index contributed by atoms with van der Waals surface area (Å²) in [5.41, 5.74) is 9.04. The number of nitrogens with one attached hydrogen (secondary N) is 1. The van der Waals surface area contributed by atoms with Crippen molar-refractivity contribution in [2.75, 3.05) is 18.2 Å². The van der Waals surface area contributed by atoms with E-state index in [2.05, 4.69) is 10.3 Å². The lowest BCUT2D eigenvalue weighted by Gasteiger charge is -2.04. The van der Waals surface area contributed by atoms with Crippen molar-refractivity contribution in [3.05, 3.63) is 65.6 Å². The Morgan fingerprint density at radius 1 is 1.24 bits per heavy atom. The zero-order valence-corrected chi connectivity index (χ0v) is 14.4. The maximum Gasteiger partial charge on any atom is 0.248 e. The van der Waals surface area contributed by atoms with Gasteiger partial charge < -0.3 is 15.8 Å². The van der Waals surface area contributed by atoms with E-state index in [0.29, 0.717) is 10.8 Å². The molecule has 126 valence electrons. The molecule has 0 fully saturated rings. The highest BCUT2D eigenvalue weighted by molar-refractivity contribution is 7.13. The highest BCUT2D eigenvalue weighted by atomic mass is 32.1. The third-order valence-electron chi connectivity index (χ3n) is 3.49. The number of methoxy groups -OCH3 is 1. The van der Waals surface area contributed by atoms with Crippen LogP contribution in [0.5, 0.6) is 5.75 Å². The van der Waals surface area contributed by atoms with Gasteiger partial charge in [0.15, 0.2) is 5.13 Å². The molecule has 0 saturated heterocycles. The minimum atomic E-state index is -0.200. The molecule has 0 atom stereocenters. The van der Waals surface area contributed by atoms with E-state index >= 15 is 0 Å². The number of hydrogen-bond acceptors (Lipinski definition) is 5. The van der Waals surface area contributed by atoms with Gasteiger partial charge in [-0.3, -0.25) is 4.79 Å². The van der Waals surface area contributed by atoms with Gasteiger partial charge in [-0.2, -0.15) is 0 Å². The molecule has 0 aliphatic rings. The largest absolute Gasteiger partial charge is 0.497 e. The first-order valence-corrected chi connectivity index (χ1v) is 8.46. The van der Waals surface area contributed by atoms with Crippen LogP contribution in [0.3, 0.4) is 0 Å². The lowest BCUT2D eigenvalue weighted by Crippen LogP contribution is -2.07. The maximum atomic E-state index is 12.0. The van der Waals surface area contributed by atoms with Gasteiger partial charge in [0.1, 0.15) is 5.75 Å². The van der Waals surface area contributed by atoms with E-state index in [9.17, 15) is 4.79 Å². The number of aromatic nitrogens is 1. The van der Waals surface area contributed by atoms with E-state index in [-0.39, 0.29) is 5.91 Å². The molecule has 1 aromatic heterocycles. The second kappa shape index (κ2) is 7.63. The third-order valence-corrected chi connectivity index (χ3v) is 4.16. The first kappa shape index (κ1) is 16.7. The number of nitrogen functional groups attached to an aromatic ring is 1. The average Bonchev–Trinajstić information content (AvgIpc) is 3.07. The zero-order chi connectivity index (χ0) is 17.6. The number of benzene rings is 2. The van der Waals surface area contributed by atoms with E-state index in [1.165, 1.54) is 17.4 Å². The number of hydrogen-bond donors (Lipinski definition) is 2. The Morgan fingerprint density at radius 2 is 2.04 bits per heavy atom. The number of nitrogens with two attached hydrogens (primary N) is 1. The number of ether oxygens (including phenoxy) is 1. The Kier molecular flexibility index (Phi) is 5.11. The lowest BCUT2D eigenvalue weighted by atomic mass is 10.1. The van der Waals surface area contributed by atoms with E-state index in [4.69, 9.17) is 10.5 Å². The summed E-state index contributed by atoms with van der Waals surface area (Å²) in [6, 6.07) is 15.0. The van der Waals surface area contributed by atoms with E-state index in [0.717, 1.165) is 22.6 Å². The summed E-state index contributed by atoms with van der Waals surface area (Å²) in [4.78, 5) is 16.3. The molecule has 0 aliphatic heterocycles. The Morgan fingerprint density at radius 3 is 2.72 bits per heavy atom. The zero-order valence-electron chi connectivity index (χ0n) is 13.6. The molecule has 6 heteroatoms. The Hall–Kier alpha value is -3.12. The highest BCUT2D eigenvalue weighted by Gasteiger charge is 2.03. The van der Waals surface area contributed by atoms with Crippen molar-refractivity contribution in [3.63, 3.8) is 0 Å². The van der Waals surface area contributed by atoms with Gasteiger partial charge >= 0.3 is 0 Å². The van der Waals surface area contributed by atoms with Gasteiger partial charge in [0.05, 0.1) is 12.8 Å².